The van der Waals surface area contributed by atoms with Gasteiger partial charge in [-0.25, -0.2) is 0 Å². The van der Waals surface area contributed by atoms with Gasteiger partial charge in [0, 0.05) is 24.7 Å². The Hall–Kier alpha value is -0.830. The van der Waals surface area contributed by atoms with Crippen LogP contribution in [0.4, 0.5) is 0 Å². The predicted octanol–water partition coefficient (Wildman–Crippen LogP) is 3.16. The van der Waals surface area contributed by atoms with E-state index in [-0.39, 0.29) is 0 Å². The number of fused-ring (bicyclic) bond motifs is 2. The Kier molecular flexibility index (Phi) is 3.66. The Balaban J connectivity index is 1.51. The first-order valence-corrected chi connectivity index (χ1v) is 7.91. The molecule has 0 saturated heterocycles. The quantitative estimate of drug-likeness (QED) is 0.885. The summed E-state index contributed by atoms with van der Waals surface area (Å²) in [5.74, 6) is 2.92. The van der Waals surface area contributed by atoms with Gasteiger partial charge in [-0.2, -0.15) is 5.10 Å². The van der Waals surface area contributed by atoms with Gasteiger partial charge >= 0.3 is 0 Å². The summed E-state index contributed by atoms with van der Waals surface area (Å²) in [4.78, 5) is 0. The lowest BCUT2D eigenvalue weighted by atomic mass is 9.83. The zero-order chi connectivity index (χ0) is 13.4. The maximum atomic E-state index is 6.35. The van der Waals surface area contributed by atoms with Crippen molar-refractivity contribution in [1.82, 2.24) is 9.78 Å². The number of hydrogen-bond donors (Lipinski definition) is 1. The van der Waals surface area contributed by atoms with E-state index in [0.717, 1.165) is 29.9 Å². The largest absolute Gasteiger partial charge is 0.327 e. The van der Waals surface area contributed by atoms with Crippen LogP contribution in [0.5, 0.6) is 0 Å². The molecule has 2 aliphatic rings. The maximum absolute atomic E-state index is 6.35. The molecule has 4 atom stereocenters. The molecule has 2 bridgehead atoms. The normalized spacial score (nSPS) is 31.3. The van der Waals surface area contributed by atoms with Crippen molar-refractivity contribution < 1.29 is 0 Å². The molecule has 0 radical (unpaired) electrons. The molecule has 106 valence electrons. The highest BCUT2D eigenvalue weighted by atomic mass is 15.3. The summed E-state index contributed by atoms with van der Waals surface area (Å²) in [5.41, 5.74) is 7.51. The lowest BCUT2D eigenvalue weighted by Gasteiger charge is -2.24. The summed E-state index contributed by atoms with van der Waals surface area (Å²) in [7, 11) is 0. The van der Waals surface area contributed by atoms with Gasteiger partial charge in [0.2, 0.25) is 0 Å². The summed E-state index contributed by atoms with van der Waals surface area (Å²) >= 11 is 0. The minimum atomic E-state index is 0.292. The first-order valence-electron chi connectivity index (χ1n) is 7.91. The minimum absolute atomic E-state index is 0.292. The van der Waals surface area contributed by atoms with E-state index in [1.54, 1.807) is 0 Å². The lowest BCUT2D eigenvalue weighted by Crippen LogP contribution is -2.28. The highest BCUT2D eigenvalue weighted by Crippen LogP contribution is 2.49. The van der Waals surface area contributed by atoms with Gasteiger partial charge in [-0.3, -0.25) is 4.68 Å². The molecule has 2 N–H and O–H groups in total. The molecule has 1 aromatic rings. The third kappa shape index (κ3) is 2.86. The van der Waals surface area contributed by atoms with Crippen LogP contribution < -0.4 is 5.73 Å². The second-order valence-corrected chi connectivity index (χ2v) is 7.02. The van der Waals surface area contributed by atoms with Crippen LogP contribution in [0.3, 0.4) is 0 Å². The van der Waals surface area contributed by atoms with Crippen LogP contribution in [0, 0.1) is 17.8 Å². The smallest absolute Gasteiger partial charge is 0.0640 e. The van der Waals surface area contributed by atoms with Gasteiger partial charge < -0.3 is 5.73 Å². The van der Waals surface area contributed by atoms with Crippen molar-refractivity contribution in [2.75, 3.05) is 0 Å². The average molecular weight is 261 g/mol. The molecule has 3 heteroatoms. The van der Waals surface area contributed by atoms with Gasteiger partial charge in [-0.05, 0) is 63.4 Å². The van der Waals surface area contributed by atoms with Gasteiger partial charge in [0.1, 0.15) is 0 Å². The molecule has 1 aromatic heterocycles. The van der Waals surface area contributed by atoms with Crippen LogP contribution in [0.15, 0.2) is 12.3 Å². The van der Waals surface area contributed by atoms with Gasteiger partial charge in [0.05, 0.1) is 5.69 Å². The van der Waals surface area contributed by atoms with E-state index >= 15 is 0 Å². The van der Waals surface area contributed by atoms with E-state index < -0.39 is 0 Å². The molecule has 0 aromatic carbocycles. The molecule has 0 aliphatic heterocycles. The molecule has 2 fully saturated rings. The highest BCUT2D eigenvalue weighted by molar-refractivity contribution is 5.02. The molecule has 0 spiro atoms. The lowest BCUT2D eigenvalue weighted by molar-refractivity contribution is 0.293. The fourth-order valence-electron chi connectivity index (χ4n) is 4.18. The van der Waals surface area contributed by atoms with Crippen molar-refractivity contribution in [3.05, 3.63) is 18.0 Å². The minimum Gasteiger partial charge on any atom is -0.327 e. The molecular formula is C16H27N3. The number of aromatic nitrogens is 2. The molecule has 2 aliphatic carbocycles. The Morgan fingerprint density at radius 2 is 2.21 bits per heavy atom. The van der Waals surface area contributed by atoms with Crippen molar-refractivity contribution >= 4 is 0 Å². The monoisotopic (exact) mass is 261 g/mol. The van der Waals surface area contributed by atoms with Crippen LogP contribution in [0.1, 0.15) is 57.7 Å². The van der Waals surface area contributed by atoms with Crippen molar-refractivity contribution in [3.8, 4) is 0 Å². The number of nitrogens with zero attached hydrogens (tertiary/aromatic N) is 2. The molecule has 2 saturated carbocycles. The zero-order valence-corrected chi connectivity index (χ0v) is 12.3. The highest BCUT2D eigenvalue weighted by Gasteiger charge is 2.39. The first-order chi connectivity index (χ1) is 9.11. The molecule has 1 heterocycles. The van der Waals surface area contributed by atoms with Crippen molar-refractivity contribution in [1.29, 1.82) is 0 Å². The third-order valence-electron chi connectivity index (χ3n) is 5.15. The first kappa shape index (κ1) is 13.2. The second-order valence-electron chi connectivity index (χ2n) is 7.02. The topological polar surface area (TPSA) is 43.8 Å². The van der Waals surface area contributed by atoms with Crippen LogP contribution >= 0.6 is 0 Å². The average Bonchev–Trinajstić information content (AvgIpc) is 3.03. The van der Waals surface area contributed by atoms with E-state index in [2.05, 4.69) is 31.2 Å². The van der Waals surface area contributed by atoms with Crippen LogP contribution in [-0.4, -0.2) is 15.8 Å². The maximum Gasteiger partial charge on any atom is 0.0640 e. The van der Waals surface area contributed by atoms with E-state index in [9.17, 15) is 0 Å². The third-order valence-corrected chi connectivity index (χ3v) is 5.15. The fourth-order valence-corrected chi connectivity index (χ4v) is 4.18. The zero-order valence-electron chi connectivity index (χ0n) is 12.3. The fraction of sp³-hybridized carbons (Fsp3) is 0.812. The van der Waals surface area contributed by atoms with Gasteiger partial charge in [0.25, 0.3) is 0 Å². The van der Waals surface area contributed by atoms with E-state index in [0.29, 0.717) is 12.1 Å². The van der Waals surface area contributed by atoms with Gasteiger partial charge in [-0.1, -0.05) is 6.42 Å². The van der Waals surface area contributed by atoms with E-state index in [4.69, 9.17) is 5.73 Å². The van der Waals surface area contributed by atoms with Crippen LogP contribution in [0.25, 0.3) is 0 Å². The SMILES string of the molecule is CC(C)n1ccc(CC(N)CC2CC3CCC2C3)n1. The van der Waals surface area contributed by atoms with Crippen LogP contribution in [0.2, 0.25) is 0 Å². The van der Waals surface area contributed by atoms with Crippen molar-refractivity contribution in [3.63, 3.8) is 0 Å². The van der Waals surface area contributed by atoms with E-state index in [1.165, 1.54) is 32.1 Å². The molecular weight excluding hydrogens is 234 g/mol. The Morgan fingerprint density at radius 3 is 2.79 bits per heavy atom. The van der Waals surface area contributed by atoms with E-state index in [1.807, 2.05) is 4.68 Å². The number of hydrogen-bond acceptors (Lipinski definition) is 2. The predicted molar refractivity (Wildman–Crippen MR) is 77.8 cm³/mol. The molecule has 19 heavy (non-hydrogen) atoms. The van der Waals surface area contributed by atoms with Gasteiger partial charge in [-0.15, -0.1) is 0 Å². The van der Waals surface area contributed by atoms with Gasteiger partial charge in [0.15, 0.2) is 0 Å². The Bertz CT molecular complexity index is 423. The Labute approximate surface area is 116 Å². The number of rotatable bonds is 5. The molecule has 3 nitrogen and oxygen atoms in total. The van der Waals surface area contributed by atoms with Crippen molar-refractivity contribution in [2.24, 2.45) is 23.5 Å². The molecule has 0 amide bonds. The molecule has 3 rings (SSSR count). The summed E-state index contributed by atoms with van der Waals surface area (Å²) in [5, 5.41) is 4.61. The summed E-state index contributed by atoms with van der Waals surface area (Å²) in [6.45, 7) is 4.32. The summed E-state index contributed by atoms with van der Waals surface area (Å²) in [6.07, 6.45) is 10.1. The molecule has 4 unspecified atom stereocenters. The second kappa shape index (κ2) is 5.28. The van der Waals surface area contributed by atoms with Crippen molar-refractivity contribution in [2.45, 2.75) is 64.5 Å². The standard InChI is InChI=1S/C16H27N3/c1-11(2)19-6-5-16(18-19)10-15(17)9-14-8-12-3-4-13(14)7-12/h5-6,11-15H,3-4,7-10,17H2,1-2H3. The summed E-state index contributed by atoms with van der Waals surface area (Å²) in [6, 6.07) is 2.86. The Morgan fingerprint density at radius 1 is 1.37 bits per heavy atom. The summed E-state index contributed by atoms with van der Waals surface area (Å²) < 4.78 is 2.03. The number of nitrogens with two attached hydrogens (primary N) is 1. The van der Waals surface area contributed by atoms with Crippen LogP contribution in [-0.2, 0) is 6.42 Å².